The number of esters is 1. The highest BCUT2D eigenvalue weighted by molar-refractivity contribution is 5.72. The summed E-state index contributed by atoms with van der Waals surface area (Å²) < 4.78 is 5.54. The van der Waals surface area contributed by atoms with Gasteiger partial charge in [-0.1, -0.05) is 27.2 Å². The highest BCUT2D eigenvalue weighted by Gasteiger charge is 2.30. The standard InChI is InChI=1S/C21H41NO7/c1-20(2,3)11-14(19(28)29-21(4,5)6)9-7-8-10-22-12-15(24)17(26)18(27)16(25)13-23/h12,14-18,23-27H,7-11,13H2,1-6H3. The summed E-state index contributed by atoms with van der Waals surface area (Å²) in [6.07, 6.45) is -2.37. The number of carbonyl (C=O) groups excluding carboxylic acids is 1. The van der Waals surface area contributed by atoms with Gasteiger partial charge in [0.25, 0.3) is 0 Å². The SMILES string of the molecule is CC(C)(C)CC(CCCCN=CC(O)C(O)C(O)C(O)CO)C(=O)OC(C)(C)C. The summed E-state index contributed by atoms with van der Waals surface area (Å²) in [7, 11) is 0. The molecule has 0 saturated carbocycles. The summed E-state index contributed by atoms with van der Waals surface area (Å²) in [5.74, 6) is -0.383. The Balaban J connectivity index is 4.50. The Labute approximate surface area is 174 Å². The first-order valence-electron chi connectivity index (χ1n) is 10.2. The summed E-state index contributed by atoms with van der Waals surface area (Å²) in [6.45, 7) is 11.5. The molecule has 0 aliphatic heterocycles. The zero-order valence-corrected chi connectivity index (χ0v) is 18.7. The number of aliphatic hydroxyl groups is 5. The number of unbranched alkanes of at least 4 members (excludes halogenated alkanes) is 1. The molecule has 0 radical (unpaired) electrons. The van der Waals surface area contributed by atoms with Crippen LogP contribution in [0.3, 0.4) is 0 Å². The van der Waals surface area contributed by atoms with Crippen molar-refractivity contribution in [3.05, 3.63) is 0 Å². The topological polar surface area (TPSA) is 140 Å². The summed E-state index contributed by atoms with van der Waals surface area (Å²) in [5.41, 5.74) is -0.525. The zero-order valence-electron chi connectivity index (χ0n) is 18.7. The van der Waals surface area contributed by atoms with E-state index in [0.717, 1.165) is 19.1 Å². The van der Waals surface area contributed by atoms with E-state index in [9.17, 15) is 25.2 Å². The van der Waals surface area contributed by atoms with Gasteiger partial charge in [0.1, 0.15) is 30.0 Å². The number of nitrogens with zero attached hydrogens (tertiary/aromatic N) is 1. The smallest absolute Gasteiger partial charge is 0.309 e. The molecule has 0 heterocycles. The van der Waals surface area contributed by atoms with Crippen molar-refractivity contribution in [1.82, 2.24) is 0 Å². The van der Waals surface area contributed by atoms with Crippen molar-refractivity contribution in [3.63, 3.8) is 0 Å². The van der Waals surface area contributed by atoms with Crippen LogP contribution in [-0.4, -0.2) is 80.9 Å². The largest absolute Gasteiger partial charge is 0.460 e. The van der Waals surface area contributed by atoms with Crippen LogP contribution in [0.25, 0.3) is 0 Å². The van der Waals surface area contributed by atoms with Crippen LogP contribution in [-0.2, 0) is 9.53 Å². The van der Waals surface area contributed by atoms with Crippen molar-refractivity contribution in [2.45, 2.75) is 97.2 Å². The van der Waals surface area contributed by atoms with Gasteiger partial charge in [0.2, 0.25) is 0 Å². The molecule has 5 unspecified atom stereocenters. The Bertz CT molecular complexity index is 496. The molecule has 0 aromatic rings. The van der Waals surface area contributed by atoms with Gasteiger partial charge < -0.3 is 30.3 Å². The molecule has 0 saturated heterocycles. The minimum absolute atomic E-state index is 0.0000578. The van der Waals surface area contributed by atoms with Crippen LogP contribution in [0.1, 0.15) is 67.2 Å². The predicted molar refractivity (Wildman–Crippen MR) is 112 cm³/mol. The van der Waals surface area contributed by atoms with Gasteiger partial charge in [0.05, 0.1) is 12.5 Å². The van der Waals surface area contributed by atoms with Gasteiger partial charge in [-0.05, 0) is 45.4 Å². The summed E-state index contributed by atoms with van der Waals surface area (Å²) in [6, 6.07) is 0. The van der Waals surface area contributed by atoms with Gasteiger partial charge in [-0.3, -0.25) is 9.79 Å². The molecule has 0 rings (SSSR count). The fourth-order valence-corrected chi connectivity index (χ4v) is 2.83. The minimum atomic E-state index is -1.67. The lowest BCUT2D eigenvalue weighted by atomic mass is 9.82. The molecule has 5 atom stereocenters. The van der Waals surface area contributed by atoms with Crippen molar-refractivity contribution in [2.24, 2.45) is 16.3 Å². The second kappa shape index (κ2) is 12.6. The molecule has 8 heteroatoms. The number of hydrogen-bond acceptors (Lipinski definition) is 8. The molecular weight excluding hydrogens is 378 g/mol. The number of carbonyl (C=O) groups is 1. The van der Waals surface area contributed by atoms with Gasteiger partial charge >= 0.3 is 5.97 Å². The highest BCUT2D eigenvalue weighted by atomic mass is 16.6. The Morgan fingerprint density at radius 3 is 2.07 bits per heavy atom. The first-order chi connectivity index (χ1) is 13.2. The fraction of sp³-hybridized carbons (Fsp3) is 0.905. The average molecular weight is 420 g/mol. The third kappa shape index (κ3) is 13.0. The lowest BCUT2D eigenvalue weighted by Gasteiger charge is -2.28. The maximum absolute atomic E-state index is 12.5. The molecule has 172 valence electrons. The molecule has 0 amide bonds. The van der Waals surface area contributed by atoms with Crippen LogP contribution < -0.4 is 0 Å². The van der Waals surface area contributed by atoms with E-state index in [0.29, 0.717) is 19.4 Å². The quantitative estimate of drug-likeness (QED) is 0.181. The molecule has 5 N–H and O–H groups in total. The third-order valence-corrected chi connectivity index (χ3v) is 4.23. The molecule has 0 bridgehead atoms. The van der Waals surface area contributed by atoms with E-state index < -0.39 is 36.6 Å². The number of ether oxygens (including phenoxy) is 1. The lowest BCUT2D eigenvalue weighted by molar-refractivity contribution is -0.161. The molecule has 0 aromatic carbocycles. The van der Waals surface area contributed by atoms with Gasteiger partial charge in [0.15, 0.2) is 0 Å². The van der Waals surface area contributed by atoms with Crippen LogP contribution in [0.15, 0.2) is 4.99 Å². The van der Waals surface area contributed by atoms with Gasteiger partial charge in [-0.15, -0.1) is 0 Å². The molecular formula is C21H41NO7. The van der Waals surface area contributed by atoms with E-state index in [1.165, 1.54) is 0 Å². The first kappa shape index (κ1) is 27.9. The second-order valence-electron chi connectivity index (χ2n) is 9.77. The molecule has 0 spiro atoms. The third-order valence-electron chi connectivity index (χ3n) is 4.23. The molecule has 29 heavy (non-hydrogen) atoms. The van der Waals surface area contributed by atoms with E-state index in [1.54, 1.807) is 0 Å². The van der Waals surface area contributed by atoms with E-state index in [2.05, 4.69) is 25.8 Å². The van der Waals surface area contributed by atoms with Gasteiger partial charge in [-0.25, -0.2) is 0 Å². The lowest BCUT2D eigenvalue weighted by Crippen LogP contribution is -2.46. The number of aliphatic hydroxyl groups excluding tert-OH is 5. The van der Waals surface area contributed by atoms with Crippen molar-refractivity contribution < 1.29 is 35.1 Å². The molecule has 0 aromatic heterocycles. The zero-order chi connectivity index (χ0) is 22.8. The average Bonchev–Trinajstić information content (AvgIpc) is 2.58. The number of aliphatic imine (C=N–C) groups is 1. The van der Waals surface area contributed by atoms with E-state index >= 15 is 0 Å². The van der Waals surface area contributed by atoms with E-state index in [4.69, 9.17) is 9.84 Å². The van der Waals surface area contributed by atoms with Gasteiger partial charge in [-0.2, -0.15) is 0 Å². The first-order valence-corrected chi connectivity index (χ1v) is 10.2. The second-order valence-corrected chi connectivity index (χ2v) is 9.77. The minimum Gasteiger partial charge on any atom is -0.460 e. The van der Waals surface area contributed by atoms with E-state index in [-0.39, 0.29) is 17.3 Å². The highest BCUT2D eigenvalue weighted by Crippen LogP contribution is 2.29. The molecule has 0 aliphatic carbocycles. The van der Waals surface area contributed by atoms with Crippen molar-refractivity contribution in [1.29, 1.82) is 0 Å². The van der Waals surface area contributed by atoms with Crippen molar-refractivity contribution >= 4 is 12.2 Å². The summed E-state index contributed by atoms with van der Waals surface area (Å²) >= 11 is 0. The number of rotatable bonds is 12. The van der Waals surface area contributed by atoms with Gasteiger partial charge in [0, 0.05) is 12.8 Å². The van der Waals surface area contributed by atoms with Crippen LogP contribution >= 0.6 is 0 Å². The molecule has 8 nitrogen and oxygen atoms in total. The van der Waals surface area contributed by atoms with Crippen LogP contribution in [0.5, 0.6) is 0 Å². The van der Waals surface area contributed by atoms with Crippen LogP contribution in [0.2, 0.25) is 0 Å². The monoisotopic (exact) mass is 419 g/mol. The number of hydrogen-bond donors (Lipinski definition) is 5. The van der Waals surface area contributed by atoms with Crippen molar-refractivity contribution in [3.8, 4) is 0 Å². The Morgan fingerprint density at radius 2 is 1.59 bits per heavy atom. The maximum Gasteiger partial charge on any atom is 0.309 e. The Morgan fingerprint density at radius 1 is 1.00 bits per heavy atom. The normalized spacial score (nSPS) is 18.3. The maximum atomic E-state index is 12.5. The summed E-state index contributed by atoms with van der Waals surface area (Å²) in [4.78, 5) is 16.5. The molecule has 0 fully saturated rings. The Kier molecular flexibility index (Phi) is 12.1. The Hall–Kier alpha value is -1.06. The summed E-state index contributed by atoms with van der Waals surface area (Å²) in [5, 5.41) is 47.1. The predicted octanol–water partition coefficient (Wildman–Crippen LogP) is 1.06. The molecule has 0 aliphatic rings. The van der Waals surface area contributed by atoms with E-state index in [1.807, 2.05) is 20.8 Å². The van der Waals surface area contributed by atoms with Crippen LogP contribution in [0, 0.1) is 11.3 Å². The van der Waals surface area contributed by atoms with Crippen LogP contribution in [0.4, 0.5) is 0 Å². The fourth-order valence-electron chi connectivity index (χ4n) is 2.83. The van der Waals surface area contributed by atoms with Crippen molar-refractivity contribution in [2.75, 3.05) is 13.2 Å².